The summed E-state index contributed by atoms with van der Waals surface area (Å²) in [6, 6.07) is 7.73. The predicted molar refractivity (Wildman–Crippen MR) is 63.3 cm³/mol. The molecule has 0 amide bonds. The number of hydrogen-bond donors (Lipinski definition) is 1. The molecule has 0 saturated carbocycles. The minimum Gasteiger partial charge on any atom is -0.508 e. The van der Waals surface area contributed by atoms with E-state index in [1.165, 1.54) is 12.1 Å². The number of hydrogen-bond acceptors (Lipinski definition) is 4. The van der Waals surface area contributed by atoms with Gasteiger partial charge in [-0.05, 0) is 31.2 Å². The van der Waals surface area contributed by atoms with Crippen LogP contribution in [0.5, 0.6) is 5.75 Å². The summed E-state index contributed by atoms with van der Waals surface area (Å²) in [5.41, 5.74) is 2.28. The average Bonchev–Trinajstić information content (AvgIpc) is 2.32. The van der Waals surface area contributed by atoms with Crippen LogP contribution in [0.25, 0.3) is 22.6 Å². The molecule has 3 rings (SSSR count). The second-order valence-electron chi connectivity index (χ2n) is 3.90. The monoisotopic (exact) mass is 227 g/mol. The Morgan fingerprint density at radius 1 is 1.24 bits per heavy atom. The van der Waals surface area contributed by atoms with E-state index in [2.05, 4.69) is 4.98 Å². The average molecular weight is 227 g/mol. The number of fused-ring (bicyclic) bond motifs is 2. The van der Waals surface area contributed by atoms with Crippen LogP contribution in [0.3, 0.4) is 0 Å². The molecule has 1 aromatic rings. The number of nitrogens with zero attached hydrogens (tertiary/aromatic N) is 1. The maximum atomic E-state index is 11.2. The highest BCUT2D eigenvalue weighted by Gasteiger charge is 2.12. The van der Waals surface area contributed by atoms with Gasteiger partial charge in [-0.15, -0.1) is 0 Å². The van der Waals surface area contributed by atoms with Gasteiger partial charge in [-0.1, -0.05) is 0 Å². The fraction of sp³-hybridized carbons (Fsp3) is 0.0769. The Morgan fingerprint density at radius 3 is 2.88 bits per heavy atom. The van der Waals surface area contributed by atoms with Crippen LogP contribution >= 0.6 is 0 Å². The van der Waals surface area contributed by atoms with Gasteiger partial charge >= 0.3 is 0 Å². The minimum absolute atomic E-state index is 0.125. The number of aromatic hydroxyl groups is 1. The van der Waals surface area contributed by atoms with E-state index in [1.807, 2.05) is 0 Å². The Hall–Kier alpha value is -2.36. The zero-order valence-corrected chi connectivity index (χ0v) is 9.10. The number of aromatic nitrogens is 1. The van der Waals surface area contributed by atoms with Crippen molar-refractivity contribution in [1.82, 2.24) is 4.98 Å². The molecule has 1 N–H and O–H groups in total. The molecule has 1 heterocycles. The lowest BCUT2D eigenvalue weighted by Crippen LogP contribution is -1.99. The molecule has 1 aliphatic heterocycles. The molecule has 0 bridgehead atoms. The molecule has 17 heavy (non-hydrogen) atoms. The van der Waals surface area contributed by atoms with Gasteiger partial charge in [0.25, 0.3) is 0 Å². The van der Waals surface area contributed by atoms with E-state index in [4.69, 9.17) is 4.42 Å². The lowest BCUT2D eigenvalue weighted by Gasteiger charge is -2.07. The van der Waals surface area contributed by atoms with E-state index >= 15 is 0 Å². The summed E-state index contributed by atoms with van der Waals surface area (Å²) < 4.78 is 5.62. The standard InChI is InChI=1S/C13H9NO3/c1-7-11(16)5-4-10-13(7)17-12-6-8(15)2-3-9(12)14-10/h2-6,16H,1H3. The summed E-state index contributed by atoms with van der Waals surface area (Å²) in [7, 11) is 0. The van der Waals surface area contributed by atoms with Crippen molar-refractivity contribution < 1.29 is 9.52 Å². The number of rotatable bonds is 0. The van der Waals surface area contributed by atoms with E-state index in [0.717, 1.165) is 0 Å². The topological polar surface area (TPSA) is 63.3 Å². The van der Waals surface area contributed by atoms with Crippen LogP contribution in [0.2, 0.25) is 0 Å². The molecular weight excluding hydrogens is 218 g/mol. The molecule has 0 aromatic heterocycles. The summed E-state index contributed by atoms with van der Waals surface area (Å²) in [5.74, 6) is 0.583. The van der Waals surface area contributed by atoms with Crippen LogP contribution in [0.1, 0.15) is 5.56 Å². The lowest BCUT2D eigenvalue weighted by molar-refractivity contribution is 0.469. The van der Waals surface area contributed by atoms with E-state index in [1.54, 1.807) is 25.1 Å². The molecule has 0 fully saturated rings. The van der Waals surface area contributed by atoms with Crippen molar-refractivity contribution in [3.8, 4) is 17.2 Å². The maximum absolute atomic E-state index is 11.2. The highest BCUT2D eigenvalue weighted by molar-refractivity contribution is 5.81. The second-order valence-corrected chi connectivity index (χ2v) is 3.90. The van der Waals surface area contributed by atoms with Crippen LogP contribution in [0, 0.1) is 6.92 Å². The predicted octanol–water partition coefficient (Wildman–Crippen LogP) is 2.31. The van der Waals surface area contributed by atoms with Crippen molar-refractivity contribution in [1.29, 1.82) is 0 Å². The molecule has 2 aliphatic rings. The van der Waals surface area contributed by atoms with Gasteiger partial charge in [-0.25, -0.2) is 4.98 Å². The SMILES string of the molecule is Cc1c(O)ccc2nc3ccc(=O)cc-3oc12. The third kappa shape index (κ3) is 1.45. The lowest BCUT2D eigenvalue weighted by atomic mass is 10.1. The molecule has 4 heteroatoms. The molecule has 0 radical (unpaired) electrons. The molecule has 4 nitrogen and oxygen atoms in total. The first-order valence-electron chi connectivity index (χ1n) is 5.18. The van der Waals surface area contributed by atoms with E-state index in [9.17, 15) is 9.90 Å². The van der Waals surface area contributed by atoms with Gasteiger partial charge in [-0.3, -0.25) is 4.79 Å². The summed E-state index contributed by atoms with van der Waals surface area (Å²) in [5, 5.41) is 9.59. The molecule has 1 aromatic carbocycles. The second kappa shape index (κ2) is 3.31. The first-order chi connectivity index (χ1) is 8.15. The molecule has 0 spiro atoms. The highest BCUT2D eigenvalue weighted by Crippen LogP contribution is 2.29. The van der Waals surface area contributed by atoms with Gasteiger partial charge < -0.3 is 9.52 Å². The Balaban J connectivity index is 2.50. The molecule has 84 valence electrons. The minimum atomic E-state index is -0.125. The first kappa shape index (κ1) is 9.84. The summed E-state index contributed by atoms with van der Waals surface area (Å²) >= 11 is 0. The third-order valence-electron chi connectivity index (χ3n) is 2.74. The highest BCUT2D eigenvalue weighted by atomic mass is 16.3. The van der Waals surface area contributed by atoms with Gasteiger partial charge in [0.05, 0.1) is 0 Å². The van der Waals surface area contributed by atoms with Gasteiger partial charge in [0.2, 0.25) is 0 Å². The summed E-state index contributed by atoms with van der Waals surface area (Å²) in [6.07, 6.45) is 0. The van der Waals surface area contributed by atoms with Gasteiger partial charge in [0, 0.05) is 11.6 Å². The van der Waals surface area contributed by atoms with Crippen LogP contribution in [-0.2, 0) is 0 Å². The molecular formula is C13H9NO3. The quantitative estimate of drug-likeness (QED) is 0.598. The van der Waals surface area contributed by atoms with Crippen molar-refractivity contribution in [3.05, 3.63) is 46.1 Å². The van der Waals surface area contributed by atoms with Crippen molar-refractivity contribution in [3.63, 3.8) is 0 Å². The van der Waals surface area contributed by atoms with Crippen molar-refractivity contribution in [2.75, 3.05) is 0 Å². The van der Waals surface area contributed by atoms with Gasteiger partial charge in [0.1, 0.15) is 17.0 Å². The van der Waals surface area contributed by atoms with Gasteiger partial charge in [0.15, 0.2) is 16.8 Å². The fourth-order valence-electron chi connectivity index (χ4n) is 1.79. The number of benzene rings is 2. The normalized spacial score (nSPS) is 11.1. The van der Waals surface area contributed by atoms with Crippen LogP contribution in [-0.4, -0.2) is 10.1 Å². The molecule has 0 unspecified atom stereocenters. The van der Waals surface area contributed by atoms with E-state index in [0.29, 0.717) is 28.1 Å². The smallest absolute Gasteiger partial charge is 0.182 e. The zero-order valence-electron chi connectivity index (χ0n) is 9.10. The molecule has 0 saturated heterocycles. The van der Waals surface area contributed by atoms with E-state index in [-0.39, 0.29) is 11.2 Å². The molecule has 1 aliphatic carbocycles. The van der Waals surface area contributed by atoms with E-state index < -0.39 is 0 Å². The van der Waals surface area contributed by atoms with Crippen molar-refractivity contribution in [2.45, 2.75) is 6.92 Å². The first-order valence-corrected chi connectivity index (χ1v) is 5.18. The number of phenols is 1. The van der Waals surface area contributed by atoms with Crippen LogP contribution in [0.4, 0.5) is 0 Å². The molecule has 0 atom stereocenters. The maximum Gasteiger partial charge on any atom is 0.182 e. The van der Waals surface area contributed by atoms with Crippen LogP contribution < -0.4 is 5.43 Å². The number of aryl methyl sites for hydroxylation is 1. The third-order valence-corrected chi connectivity index (χ3v) is 2.74. The Bertz CT molecular complexity index is 745. The van der Waals surface area contributed by atoms with Gasteiger partial charge in [-0.2, -0.15) is 0 Å². The summed E-state index contributed by atoms with van der Waals surface area (Å²) in [6.45, 7) is 1.75. The summed E-state index contributed by atoms with van der Waals surface area (Å²) in [4.78, 5) is 15.6. The van der Waals surface area contributed by atoms with Crippen LogP contribution in [0.15, 0.2) is 39.5 Å². The Morgan fingerprint density at radius 2 is 2.06 bits per heavy atom. The fourth-order valence-corrected chi connectivity index (χ4v) is 1.79. The van der Waals surface area contributed by atoms with Crippen molar-refractivity contribution in [2.24, 2.45) is 0 Å². The van der Waals surface area contributed by atoms with Crippen molar-refractivity contribution >= 4 is 11.1 Å². The number of phenolic OH excluding ortho intramolecular Hbond substituents is 1. The zero-order chi connectivity index (χ0) is 12.0. The Labute approximate surface area is 96.5 Å². The Kier molecular flexibility index (Phi) is 1.92. The largest absolute Gasteiger partial charge is 0.508 e.